The van der Waals surface area contributed by atoms with Crippen LogP contribution in [0.25, 0.3) is 0 Å². The fourth-order valence-electron chi connectivity index (χ4n) is 2.88. The van der Waals surface area contributed by atoms with Crippen molar-refractivity contribution in [1.82, 2.24) is 4.98 Å². The number of hydrogen-bond donors (Lipinski definition) is 0. The van der Waals surface area contributed by atoms with Crippen molar-refractivity contribution in [3.8, 4) is 0 Å². The molecular weight excluding hydrogens is 398 g/mol. The number of amides is 1. The third-order valence-corrected chi connectivity index (χ3v) is 5.64. The minimum Gasteiger partial charge on any atom is -0.456 e. The van der Waals surface area contributed by atoms with Crippen LogP contribution >= 0.6 is 11.3 Å². The van der Waals surface area contributed by atoms with Gasteiger partial charge in [0.1, 0.15) is 6.61 Å². The van der Waals surface area contributed by atoms with E-state index in [1.807, 2.05) is 63.2 Å². The molecular formula is C23H25N3O3S. The highest BCUT2D eigenvalue weighted by Crippen LogP contribution is 2.30. The van der Waals surface area contributed by atoms with Gasteiger partial charge >= 0.3 is 5.97 Å². The fraction of sp³-hybridized carbons (Fsp3) is 0.261. The molecule has 0 fully saturated rings. The molecule has 0 unspecified atom stereocenters. The molecule has 0 atom stereocenters. The average Bonchev–Trinajstić information content (AvgIpc) is 3.17. The molecule has 0 saturated carbocycles. The summed E-state index contributed by atoms with van der Waals surface area (Å²) in [5.41, 5.74) is 5.12. The number of aryl methyl sites for hydroxylation is 2. The van der Waals surface area contributed by atoms with Crippen LogP contribution in [0.2, 0.25) is 0 Å². The van der Waals surface area contributed by atoms with Crippen molar-refractivity contribution < 1.29 is 14.3 Å². The average molecular weight is 424 g/mol. The van der Waals surface area contributed by atoms with E-state index in [0.717, 1.165) is 22.5 Å². The summed E-state index contributed by atoms with van der Waals surface area (Å²) in [6.45, 7) is 5.59. The lowest BCUT2D eigenvalue weighted by Gasteiger charge is -2.19. The van der Waals surface area contributed by atoms with Crippen LogP contribution < -0.4 is 9.80 Å². The molecule has 30 heavy (non-hydrogen) atoms. The van der Waals surface area contributed by atoms with Crippen LogP contribution in [0.1, 0.15) is 34.1 Å². The number of carbonyl (C=O) groups excluding carboxylic acids is 2. The first-order chi connectivity index (χ1) is 14.3. The van der Waals surface area contributed by atoms with Gasteiger partial charge in [0.15, 0.2) is 5.13 Å². The third kappa shape index (κ3) is 4.86. The van der Waals surface area contributed by atoms with Crippen LogP contribution in [0.3, 0.4) is 0 Å². The van der Waals surface area contributed by atoms with E-state index in [-0.39, 0.29) is 12.5 Å². The SMILES string of the molecule is CC(=O)N(c1ccc(C)c(C)c1)c1nc(COC(=O)c2ccc(N(C)C)cc2)cs1. The quantitative estimate of drug-likeness (QED) is 0.530. The van der Waals surface area contributed by atoms with E-state index in [4.69, 9.17) is 4.74 Å². The second-order valence-electron chi connectivity index (χ2n) is 7.26. The van der Waals surface area contributed by atoms with Crippen molar-refractivity contribution in [1.29, 1.82) is 0 Å². The molecule has 0 spiro atoms. The van der Waals surface area contributed by atoms with Gasteiger partial charge in [-0.2, -0.15) is 0 Å². The molecule has 0 saturated heterocycles. The Balaban J connectivity index is 1.70. The number of esters is 1. The predicted octanol–water partition coefficient (Wildman–Crippen LogP) is 4.87. The summed E-state index contributed by atoms with van der Waals surface area (Å²) in [7, 11) is 3.88. The minimum atomic E-state index is -0.410. The van der Waals surface area contributed by atoms with Crippen molar-refractivity contribution in [2.75, 3.05) is 23.9 Å². The predicted molar refractivity (Wildman–Crippen MR) is 121 cm³/mol. The number of hydrogen-bond acceptors (Lipinski definition) is 6. The molecule has 1 aromatic heterocycles. The number of carbonyl (C=O) groups is 2. The van der Waals surface area contributed by atoms with Gasteiger partial charge in [-0.05, 0) is 61.4 Å². The van der Waals surface area contributed by atoms with E-state index in [2.05, 4.69) is 4.98 Å². The maximum absolute atomic E-state index is 12.3. The third-order valence-electron chi connectivity index (χ3n) is 4.77. The molecule has 1 amide bonds. The highest BCUT2D eigenvalue weighted by atomic mass is 32.1. The Hall–Kier alpha value is -3.19. The summed E-state index contributed by atoms with van der Waals surface area (Å²) in [6.07, 6.45) is 0. The lowest BCUT2D eigenvalue weighted by molar-refractivity contribution is -0.115. The van der Waals surface area contributed by atoms with Gasteiger partial charge in [-0.3, -0.25) is 9.69 Å². The number of aromatic nitrogens is 1. The molecule has 0 N–H and O–H groups in total. The molecule has 1 heterocycles. The van der Waals surface area contributed by atoms with E-state index < -0.39 is 5.97 Å². The largest absolute Gasteiger partial charge is 0.456 e. The number of anilines is 3. The Kier molecular flexibility index (Phi) is 6.52. The van der Waals surface area contributed by atoms with Crippen LogP contribution in [-0.4, -0.2) is 31.0 Å². The molecule has 0 aliphatic carbocycles. The Morgan fingerprint density at radius 1 is 1.00 bits per heavy atom. The van der Waals surface area contributed by atoms with E-state index in [1.54, 1.807) is 22.4 Å². The fourth-order valence-corrected chi connectivity index (χ4v) is 3.75. The molecule has 3 aromatic rings. The Morgan fingerprint density at radius 3 is 2.27 bits per heavy atom. The Bertz CT molecular complexity index is 1060. The number of thiazole rings is 1. The van der Waals surface area contributed by atoms with Gasteiger partial charge in [0.25, 0.3) is 0 Å². The van der Waals surface area contributed by atoms with Gasteiger partial charge in [-0.15, -0.1) is 11.3 Å². The second kappa shape index (κ2) is 9.09. The zero-order valence-corrected chi connectivity index (χ0v) is 18.6. The summed E-state index contributed by atoms with van der Waals surface area (Å²) < 4.78 is 5.40. The van der Waals surface area contributed by atoms with Crippen molar-refractivity contribution in [2.24, 2.45) is 0 Å². The molecule has 7 heteroatoms. The molecule has 0 radical (unpaired) electrons. The highest BCUT2D eigenvalue weighted by molar-refractivity contribution is 7.14. The molecule has 156 valence electrons. The van der Waals surface area contributed by atoms with Crippen LogP contribution in [0.4, 0.5) is 16.5 Å². The van der Waals surface area contributed by atoms with Gasteiger partial charge in [-0.1, -0.05) is 6.07 Å². The summed E-state index contributed by atoms with van der Waals surface area (Å²) in [5, 5.41) is 2.35. The van der Waals surface area contributed by atoms with Crippen molar-refractivity contribution >= 4 is 39.7 Å². The van der Waals surface area contributed by atoms with Crippen LogP contribution in [-0.2, 0) is 16.1 Å². The molecule has 0 aliphatic rings. The maximum atomic E-state index is 12.3. The first-order valence-electron chi connectivity index (χ1n) is 9.53. The molecule has 0 bridgehead atoms. The Labute approximate surface area is 180 Å². The van der Waals surface area contributed by atoms with E-state index >= 15 is 0 Å². The van der Waals surface area contributed by atoms with E-state index in [1.165, 1.54) is 18.3 Å². The monoisotopic (exact) mass is 423 g/mol. The minimum absolute atomic E-state index is 0.0451. The topological polar surface area (TPSA) is 62.7 Å². The standard InChI is InChI=1S/C23H25N3O3S/c1-15-6-9-21(12-16(15)2)26(17(3)27)23-24-19(14-30-23)13-29-22(28)18-7-10-20(11-8-18)25(4)5/h6-12,14H,13H2,1-5H3. The summed E-state index contributed by atoms with van der Waals surface area (Å²) in [4.78, 5) is 32.6. The zero-order valence-electron chi connectivity index (χ0n) is 17.8. The number of benzene rings is 2. The van der Waals surface area contributed by atoms with Gasteiger partial charge in [-0.25, -0.2) is 9.78 Å². The van der Waals surface area contributed by atoms with Gasteiger partial charge in [0.05, 0.1) is 16.9 Å². The summed E-state index contributed by atoms with van der Waals surface area (Å²) in [6, 6.07) is 13.1. The smallest absolute Gasteiger partial charge is 0.338 e. The highest BCUT2D eigenvalue weighted by Gasteiger charge is 2.19. The van der Waals surface area contributed by atoms with Crippen molar-refractivity contribution in [3.63, 3.8) is 0 Å². The molecule has 6 nitrogen and oxygen atoms in total. The summed E-state index contributed by atoms with van der Waals surface area (Å²) in [5.74, 6) is -0.537. The number of nitrogens with zero attached hydrogens (tertiary/aromatic N) is 3. The zero-order chi connectivity index (χ0) is 21.8. The second-order valence-corrected chi connectivity index (χ2v) is 8.10. The maximum Gasteiger partial charge on any atom is 0.338 e. The van der Waals surface area contributed by atoms with Crippen molar-refractivity contribution in [3.05, 3.63) is 70.2 Å². The van der Waals surface area contributed by atoms with Gasteiger partial charge in [0, 0.05) is 32.1 Å². The molecule has 3 rings (SSSR count). The van der Waals surface area contributed by atoms with Gasteiger partial charge < -0.3 is 9.64 Å². The van der Waals surface area contributed by atoms with Crippen molar-refractivity contribution in [2.45, 2.75) is 27.4 Å². The van der Waals surface area contributed by atoms with E-state index in [9.17, 15) is 9.59 Å². The van der Waals surface area contributed by atoms with Crippen LogP contribution in [0, 0.1) is 13.8 Å². The molecule has 2 aromatic carbocycles. The molecule has 0 aliphatic heterocycles. The van der Waals surface area contributed by atoms with Gasteiger partial charge in [0.2, 0.25) is 5.91 Å². The lowest BCUT2D eigenvalue weighted by atomic mass is 10.1. The first-order valence-corrected chi connectivity index (χ1v) is 10.4. The lowest BCUT2D eigenvalue weighted by Crippen LogP contribution is -2.22. The van der Waals surface area contributed by atoms with Crippen LogP contribution in [0.5, 0.6) is 0 Å². The number of rotatable bonds is 6. The normalized spacial score (nSPS) is 10.6. The Morgan fingerprint density at radius 2 is 1.67 bits per heavy atom. The van der Waals surface area contributed by atoms with Crippen LogP contribution in [0.15, 0.2) is 47.8 Å². The number of ether oxygens (including phenoxy) is 1. The first kappa shape index (κ1) is 21.5. The summed E-state index contributed by atoms with van der Waals surface area (Å²) >= 11 is 1.34. The van der Waals surface area contributed by atoms with E-state index in [0.29, 0.717) is 16.4 Å².